The van der Waals surface area contributed by atoms with E-state index in [2.05, 4.69) is 24.3 Å². The highest BCUT2D eigenvalue weighted by Gasteiger charge is 2.30. The van der Waals surface area contributed by atoms with E-state index in [4.69, 9.17) is 0 Å². The number of hydrogen-bond donors (Lipinski definition) is 0. The van der Waals surface area contributed by atoms with Crippen molar-refractivity contribution in [2.75, 3.05) is 0 Å². The van der Waals surface area contributed by atoms with Crippen LogP contribution in [0.3, 0.4) is 0 Å². The van der Waals surface area contributed by atoms with Crippen LogP contribution in [0, 0.1) is 0 Å². The van der Waals surface area contributed by atoms with Crippen molar-refractivity contribution in [1.82, 2.24) is 0 Å². The molecular weight excluding hydrogens is 220 g/mol. The molecule has 2 aromatic carbocycles. The number of ketones is 1. The first kappa shape index (κ1) is 12.6. The number of hydrogen-bond acceptors (Lipinski definition) is 1. The maximum Gasteiger partial charge on any atom is 0.141 e. The van der Waals surface area contributed by atoms with Gasteiger partial charge >= 0.3 is 0 Å². The second-order valence-corrected chi connectivity index (χ2v) is 4.22. The van der Waals surface area contributed by atoms with Crippen LogP contribution in [0.5, 0.6) is 0 Å². The second kappa shape index (κ2) is 5.18. The molecule has 0 amide bonds. The van der Waals surface area contributed by atoms with Gasteiger partial charge in [0.05, 0.1) is 5.92 Å². The Morgan fingerprint density at radius 3 is 1.61 bits per heavy atom. The van der Waals surface area contributed by atoms with E-state index in [-0.39, 0.29) is 11.7 Å². The van der Waals surface area contributed by atoms with Crippen LogP contribution < -0.4 is 0 Å². The Kier molecular flexibility index (Phi) is 3.61. The maximum absolute atomic E-state index is 11.8. The van der Waals surface area contributed by atoms with Crippen LogP contribution in [0.25, 0.3) is 11.1 Å². The van der Waals surface area contributed by atoms with E-state index >= 15 is 0 Å². The van der Waals surface area contributed by atoms with E-state index in [1.165, 1.54) is 11.1 Å². The zero-order valence-electron chi connectivity index (χ0n) is 11.1. The number of carbonyl (C=O) groups is 1. The molecule has 0 saturated heterocycles. The van der Waals surface area contributed by atoms with Crippen LogP contribution in [0.15, 0.2) is 48.5 Å². The molecule has 0 heterocycles. The average Bonchev–Trinajstić information content (AvgIpc) is 2.75. The van der Waals surface area contributed by atoms with Crippen molar-refractivity contribution in [3.8, 4) is 11.1 Å². The fourth-order valence-corrected chi connectivity index (χ4v) is 2.59. The molecule has 3 rings (SSSR count). The van der Waals surface area contributed by atoms with Crippen molar-refractivity contribution < 1.29 is 4.79 Å². The van der Waals surface area contributed by atoms with E-state index in [0.29, 0.717) is 0 Å². The highest BCUT2D eigenvalue weighted by Crippen LogP contribution is 2.44. The van der Waals surface area contributed by atoms with Crippen molar-refractivity contribution >= 4 is 5.78 Å². The van der Waals surface area contributed by atoms with Gasteiger partial charge in [0.1, 0.15) is 5.78 Å². The van der Waals surface area contributed by atoms with Gasteiger partial charge in [0.2, 0.25) is 0 Å². The van der Waals surface area contributed by atoms with Crippen LogP contribution in [0.2, 0.25) is 0 Å². The van der Waals surface area contributed by atoms with Crippen LogP contribution in [0.4, 0.5) is 0 Å². The van der Waals surface area contributed by atoms with E-state index in [0.717, 1.165) is 11.1 Å². The lowest BCUT2D eigenvalue weighted by Gasteiger charge is -2.08. The number of fused-ring (bicyclic) bond motifs is 3. The van der Waals surface area contributed by atoms with Crippen LogP contribution in [0.1, 0.15) is 37.8 Å². The molecule has 1 aliphatic rings. The molecule has 2 aromatic rings. The summed E-state index contributed by atoms with van der Waals surface area (Å²) in [5, 5.41) is 0. The highest BCUT2D eigenvalue weighted by atomic mass is 16.1. The Morgan fingerprint density at radius 2 is 1.22 bits per heavy atom. The summed E-state index contributed by atoms with van der Waals surface area (Å²) in [4.78, 5) is 11.8. The molecule has 0 atom stereocenters. The maximum atomic E-state index is 11.8. The summed E-state index contributed by atoms with van der Waals surface area (Å²) in [5.74, 6) is 0.157. The summed E-state index contributed by atoms with van der Waals surface area (Å²) in [6.45, 7) is 5.67. The van der Waals surface area contributed by atoms with Crippen molar-refractivity contribution in [3.63, 3.8) is 0 Å². The SMILES string of the molecule is CC.CC(=O)C1c2ccccc2-c2ccccc21. The molecule has 1 nitrogen and oxygen atoms in total. The Bertz CT molecular complexity index is 524. The molecule has 92 valence electrons. The van der Waals surface area contributed by atoms with E-state index in [1.54, 1.807) is 6.92 Å². The summed E-state index contributed by atoms with van der Waals surface area (Å²) < 4.78 is 0. The fraction of sp³-hybridized carbons (Fsp3) is 0.235. The van der Waals surface area contributed by atoms with E-state index in [1.807, 2.05) is 38.1 Å². The summed E-state index contributed by atoms with van der Waals surface area (Å²) in [6, 6.07) is 16.4. The molecule has 18 heavy (non-hydrogen) atoms. The lowest BCUT2D eigenvalue weighted by atomic mass is 9.93. The van der Waals surface area contributed by atoms with Crippen LogP contribution in [-0.4, -0.2) is 5.78 Å². The summed E-state index contributed by atoms with van der Waals surface area (Å²) in [6.07, 6.45) is 0. The summed E-state index contributed by atoms with van der Waals surface area (Å²) in [5.41, 5.74) is 4.71. The largest absolute Gasteiger partial charge is 0.299 e. The fourth-order valence-electron chi connectivity index (χ4n) is 2.59. The van der Waals surface area contributed by atoms with Crippen molar-refractivity contribution in [2.45, 2.75) is 26.7 Å². The Balaban J connectivity index is 0.000000574. The second-order valence-electron chi connectivity index (χ2n) is 4.22. The minimum absolute atomic E-state index is 0.0626. The molecule has 0 saturated carbocycles. The van der Waals surface area contributed by atoms with E-state index < -0.39 is 0 Å². The van der Waals surface area contributed by atoms with E-state index in [9.17, 15) is 4.79 Å². The zero-order chi connectivity index (χ0) is 13.1. The smallest absolute Gasteiger partial charge is 0.141 e. The van der Waals surface area contributed by atoms with Gasteiger partial charge in [0.25, 0.3) is 0 Å². The van der Waals surface area contributed by atoms with Gasteiger partial charge in [-0.3, -0.25) is 4.79 Å². The third kappa shape index (κ3) is 1.86. The normalized spacial score (nSPS) is 12.2. The molecule has 0 fully saturated rings. The van der Waals surface area contributed by atoms with Gasteiger partial charge in [-0.05, 0) is 29.2 Å². The molecule has 0 spiro atoms. The topological polar surface area (TPSA) is 17.1 Å². The Labute approximate surface area is 108 Å². The van der Waals surface area contributed by atoms with Gasteiger partial charge in [-0.15, -0.1) is 0 Å². The number of benzene rings is 2. The predicted molar refractivity (Wildman–Crippen MR) is 75.8 cm³/mol. The quantitative estimate of drug-likeness (QED) is 0.719. The van der Waals surface area contributed by atoms with Crippen molar-refractivity contribution in [1.29, 1.82) is 0 Å². The zero-order valence-corrected chi connectivity index (χ0v) is 11.1. The van der Waals surface area contributed by atoms with Gasteiger partial charge in [0, 0.05) is 0 Å². The molecule has 0 unspecified atom stereocenters. The van der Waals surface area contributed by atoms with Gasteiger partial charge in [-0.25, -0.2) is 0 Å². The number of Topliss-reactive ketones (excluding diaryl/α,β-unsaturated/α-hetero) is 1. The highest BCUT2D eigenvalue weighted by molar-refractivity contribution is 5.96. The minimum Gasteiger partial charge on any atom is -0.299 e. The molecule has 0 N–H and O–H groups in total. The first-order valence-corrected chi connectivity index (χ1v) is 6.47. The molecule has 0 bridgehead atoms. The molecule has 0 aliphatic heterocycles. The summed E-state index contributed by atoms with van der Waals surface area (Å²) >= 11 is 0. The standard InChI is InChI=1S/C15H12O.C2H6/c1-10(16)15-13-8-4-2-6-11(13)12-7-3-5-9-14(12)15;1-2/h2-9,15H,1H3;1-2H3. The van der Waals surface area contributed by atoms with Gasteiger partial charge in [0.15, 0.2) is 0 Å². The molecule has 1 aliphatic carbocycles. The van der Waals surface area contributed by atoms with Crippen molar-refractivity contribution in [2.24, 2.45) is 0 Å². The van der Waals surface area contributed by atoms with Crippen LogP contribution in [-0.2, 0) is 4.79 Å². The third-order valence-corrected chi connectivity index (χ3v) is 3.24. The summed E-state index contributed by atoms with van der Waals surface area (Å²) in [7, 11) is 0. The lowest BCUT2D eigenvalue weighted by Crippen LogP contribution is -2.06. The van der Waals surface area contributed by atoms with Crippen molar-refractivity contribution in [3.05, 3.63) is 59.7 Å². The predicted octanol–water partition coefficient (Wildman–Crippen LogP) is 4.41. The van der Waals surface area contributed by atoms with Gasteiger partial charge in [-0.1, -0.05) is 62.4 Å². The van der Waals surface area contributed by atoms with Gasteiger partial charge < -0.3 is 0 Å². The first-order chi connectivity index (χ1) is 8.79. The van der Waals surface area contributed by atoms with Gasteiger partial charge in [-0.2, -0.15) is 0 Å². The Hall–Kier alpha value is -1.89. The third-order valence-electron chi connectivity index (χ3n) is 3.24. The molecule has 0 radical (unpaired) electrons. The Morgan fingerprint density at radius 1 is 0.833 bits per heavy atom. The molecule has 0 aromatic heterocycles. The number of rotatable bonds is 1. The number of carbonyl (C=O) groups excluding carboxylic acids is 1. The van der Waals surface area contributed by atoms with Crippen LogP contribution >= 0.6 is 0 Å². The first-order valence-electron chi connectivity index (χ1n) is 6.47. The lowest BCUT2D eigenvalue weighted by molar-refractivity contribution is -0.117. The monoisotopic (exact) mass is 238 g/mol. The molecular formula is C17H18O. The average molecular weight is 238 g/mol. The molecule has 1 heteroatoms. The minimum atomic E-state index is -0.0626.